The van der Waals surface area contributed by atoms with Crippen LogP contribution in [0.3, 0.4) is 0 Å². The van der Waals surface area contributed by atoms with Crippen molar-refractivity contribution >= 4 is 10.1 Å². The largest absolute Gasteiger partial charge is 0.314 e. The third-order valence-corrected chi connectivity index (χ3v) is 3.60. The van der Waals surface area contributed by atoms with E-state index in [1.165, 1.54) is 25.7 Å². The molecule has 1 saturated carbocycles. The standard InChI is InChI=1S/C9H19NO3S/c1-8(7-14(11,12)13)6-10-9-4-2-3-5-9/h8-10H,2-7H2,1H3,(H,11,12,13). The van der Waals surface area contributed by atoms with Crippen LogP contribution in [0.15, 0.2) is 0 Å². The summed E-state index contributed by atoms with van der Waals surface area (Å²) >= 11 is 0. The van der Waals surface area contributed by atoms with Crippen LogP contribution < -0.4 is 5.32 Å². The molecule has 1 aliphatic rings. The maximum Gasteiger partial charge on any atom is 0.265 e. The second-order valence-corrected chi connectivity index (χ2v) is 5.74. The molecule has 1 fully saturated rings. The molecule has 0 bridgehead atoms. The lowest BCUT2D eigenvalue weighted by molar-refractivity contribution is 0.441. The van der Waals surface area contributed by atoms with E-state index < -0.39 is 10.1 Å². The average molecular weight is 221 g/mol. The summed E-state index contributed by atoms with van der Waals surface area (Å²) in [5, 5.41) is 3.33. The van der Waals surface area contributed by atoms with Crippen molar-refractivity contribution in [3.05, 3.63) is 0 Å². The number of nitrogens with one attached hydrogen (secondary N) is 1. The Hall–Kier alpha value is -0.130. The van der Waals surface area contributed by atoms with Crippen LogP contribution in [0.4, 0.5) is 0 Å². The smallest absolute Gasteiger partial charge is 0.265 e. The minimum atomic E-state index is -3.81. The summed E-state index contributed by atoms with van der Waals surface area (Å²) in [6, 6.07) is 0.554. The molecule has 0 heterocycles. The first kappa shape index (κ1) is 11.9. The Kier molecular flexibility index (Phi) is 4.34. The van der Waals surface area contributed by atoms with E-state index in [4.69, 9.17) is 4.55 Å². The zero-order valence-corrected chi connectivity index (χ0v) is 9.39. The van der Waals surface area contributed by atoms with Gasteiger partial charge in [-0.3, -0.25) is 4.55 Å². The van der Waals surface area contributed by atoms with Crippen molar-refractivity contribution in [1.82, 2.24) is 5.32 Å². The van der Waals surface area contributed by atoms with Gasteiger partial charge < -0.3 is 5.32 Å². The molecule has 4 nitrogen and oxygen atoms in total. The van der Waals surface area contributed by atoms with E-state index in [0.29, 0.717) is 12.6 Å². The van der Waals surface area contributed by atoms with Gasteiger partial charge in [-0.25, -0.2) is 0 Å². The molecule has 0 saturated heterocycles. The monoisotopic (exact) mass is 221 g/mol. The first-order valence-electron chi connectivity index (χ1n) is 5.16. The van der Waals surface area contributed by atoms with Gasteiger partial charge in [0.15, 0.2) is 0 Å². The van der Waals surface area contributed by atoms with E-state index in [0.717, 1.165) is 0 Å². The van der Waals surface area contributed by atoms with E-state index in [1.54, 1.807) is 0 Å². The van der Waals surface area contributed by atoms with Crippen LogP contribution in [-0.2, 0) is 10.1 Å². The highest BCUT2D eigenvalue weighted by molar-refractivity contribution is 7.85. The highest BCUT2D eigenvalue weighted by atomic mass is 32.2. The van der Waals surface area contributed by atoms with Gasteiger partial charge in [0.05, 0.1) is 5.75 Å². The third kappa shape index (κ3) is 4.93. The van der Waals surface area contributed by atoms with Crippen LogP contribution in [-0.4, -0.2) is 31.3 Å². The highest BCUT2D eigenvalue weighted by Gasteiger charge is 2.17. The van der Waals surface area contributed by atoms with Crippen molar-refractivity contribution in [3.8, 4) is 0 Å². The van der Waals surface area contributed by atoms with Gasteiger partial charge in [-0.05, 0) is 25.3 Å². The molecule has 0 aromatic heterocycles. The molecule has 0 aromatic carbocycles. The molecule has 0 aliphatic heterocycles. The second kappa shape index (κ2) is 5.09. The SMILES string of the molecule is CC(CNC1CCCC1)CS(=O)(=O)O. The van der Waals surface area contributed by atoms with Crippen LogP contribution in [0, 0.1) is 5.92 Å². The minimum Gasteiger partial charge on any atom is -0.314 e. The first-order chi connectivity index (χ1) is 6.47. The minimum absolute atomic E-state index is 0.0226. The van der Waals surface area contributed by atoms with Crippen molar-refractivity contribution < 1.29 is 13.0 Å². The van der Waals surface area contributed by atoms with Gasteiger partial charge >= 0.3 is 0 Å². The molecule has 0 amide bonds. The lowest BCUT2D eigenvalue weighted by Gasteiger charge is -2.15. The fraction of sp³-hybridized carbons (Fsp3) is 1.00. The van der Waals surface area contributed by atoms with E-state index in [9.17, 15) is 8.42 Å². The van der Waals surface area contributed by atoms with Crippen LogP contribution in [0.2, 0.25) is 0 Å². The molecule has 1 atom stereocenters. The molecule has 5 heteroatoms. The van der Waals surface area contributed by atoms with Crippen LogP contribution in [0.5, 0.6) is 0 Å². The molecule has 2 N–H and O–H groups in total. The fourth-order valence-electron chi connectivity index (χ4n) is 1.92. The first-order valence-corrected chi connectivity index (χ1v) is 6.77. The molecular formula is C9H19NO3S. The Balaban J connectivity index is 2.17. The van der Waals surface area contributed by atoms with Crippen LogP contribution in [0.25, 0.3) is 0 Å². The molecule has 1 rings (SSSR count). The molecule has 1 unspecified atom stereocenters. The Morgan fingerprint density at radius 2 is 2.00 bits per heavy atom. The van der Waals surface area contributed by atoms with Crippen LogP contribution >= 0.6 is 0 Å². The molecule has 0 spiro atoms. The van der Waals surface area contributed by atoms with Gasteiger partial charge in [0.2, 0.25) is 0 Å². The Labute approximate surface area is 85.8 Å². The predicted molar refractivity (Wildman–Crippen MR) is 55.8 cm³/mol. The van der Waals surface area contributed by atoms with Crippen molar-refractivity contribution in [1.29, 1.82) is 0 Å². The molecule has 0 radical (unpaired) electrons. The summed E-state index contributed by atoms with van der Waals surface area (Å²) in [4.78, 5) is 0. The summed E-state index contributed by atoms with van der Waals surface area (Å²) < 4.78 is 29.8. The van der Waals surface area contributed by atoms with Crippen molar-refractivity contribution in [2.24, 2.45) is 5.92 Å². The van der Waals surface area contributed by atoms with E-state index in [-0.39, 0.29) is 11.7 Å². The topological polar surface area (TPSA) is 66.4 Å². The summed E-state index contributed by atoms with van der Waals surface area (Å²) in [5.41, 5.74) is 0. The average Bonchev–Trinajstić information content (AvgIpc) is 2.49. The Morgan fingerprint density at radius 3 is 2.50 bits per heavy atom. The number of hydrogen-bond acceptors (Lipinski definition) is 3. The zero-order chi connectivity index (χ0) is 10.6. The van der Waals surface area contributed by atoms with Gasteiger partial charge in [-0.2, -0.15) is 8.42 Å². The molecule has 0 aromatic rings. The zero-order valence-electron chi connectivity index (χ0n) is 8.57. The summed E-state index contributed by atoms with van der Waals surface area (Å²) in [6.07, 6.45) is 4.92. The van der Waals surface area contributed by atoms with Gasteiger partial charge in [-0.1, -0.05) is 19.8 Å². The molecule has 84 valence electrons. The summed E-state index contributed by atoms with van der Waals surface area (Å²) in [5.74, 6) is -0.169. The molecular weight excluding hydrogens is 202 g/mol. The summed E-state index contributed by atoms with van der Waals surface area (Å²) in [6.45, 7) is 2.50. The van der Waals surface area contributed by atoms with E-state index in [1.807, 2.05) is 6.92 Å². The number of rotatable bonds is 5. The quantitative estimate of drug-likeness (QED) is 0.681. The summed E-state index contributed by atoms with van der Waals surface area (Å²) in [7, 11) is -3.81. The number of hydrogen-bond donors (Lipinski definition) is 2. The highest BCUT2D eigenvalue weighted by Crippen LogP contribution is 2.17. The Morgan fingerprint density at radius 1 is 1.43 bits per heavy atom. The maximum atomic E-state index is 10.6. The van der Waals surface area contributed by atoms with Gasteiger partial charge in [-0.15, -0.1) is 0 Å². The van der Waals surface area contributed by atoms with Crippen LogP contribution in [0.1, 0.15) is 32.6 Å². The lowest BCUT2D eigenvalue weighted by Crippen LogP contribution is -2.32. The van der Waals surface area contributed by atoms with E-state index in [2.05, 4.69) is 5.32 Å². The second-order valence-electron chi connectivity index (χ2n) is 4.24. The predicted octanol–water partition coefficient (Wildman–Crippen LogP) is 1.04. The van der Waals surface area contributed by atoms with Crippen molar-refractivity contribution in [3.63, 3.8) is 0 Å². The van der Waals surface area contributed by atoms with Crippen molar-refractivity contribution in [2.75, 3.05) is 12.3 Å². The third-order valence-electron chi connectivity index (χ3n) is 2.61. The van der Waals surface area contributed by atoms with E-state index >= 15 is 0 Å². The maximum absolute atomic E-state index is 10.6. The molecule has 14 heavy (non-hydrogen) atoms. The van der Waals surface area contributed by atoms with Gasteiger partial charge in [0, 0.05) is 6.04 Å². The fourth-order valence-corrected chi connectivity index (χ4v) is 2.75. The van der Waals surface area contributed by atoms with Gasteiger partial charge in [0.25, 0.3) is 10.1 Å². The lowest BCUT2D eigenvalue weighted by atomic mass is 10.2. The van der Waals surface area contributed by atoms with Crippen molar-refractivity contribution in [2.45, 2.75) is 38.6 Å². The Bertz CT molecular complexity index is 257. The molecule has 1 aliphatic carbocycles. The normalized spacial score (nSPS) is 21.3. The van der Waals surface area contributed by atoms with Gasteiger partial charge in [0.1, 0.15) is 0 Å².